The molecule has 122 valence electrons. The Morgan fingerprint density at radius 1 is 1.38 bits per heavy atom. The Bertz CT molecular complexity index is 359. The van der Waals surface area contributed by atoms with Crippen molar-refractivity contribution in [3.05, 3.63) is 0 Å². The zero-order chi connectivity index (χ0) is 16.0. The quantitative estimate of drug-likeness (QED) is 0.820. The summed E-state index contributed by atoms with van der Waals surface area (Å²) in [5, 5.41) is 8.92. The van der Waals surface area contributed by atoms with Gasteiger partial charge in [-0.1, -0.05) is 20.3 Å². The van der Waals surface area contributed by atoms with Crippen molar-refractivity contribution in [2.24, 2.45) is 11.8 Å². The lowest BCUT2D eigenvalue weighted by atomic mass is 9.85. The maximum Gasteiger partial charge on any atom is 0.319 e. The van der Waals surface area contributed by atoms with Crippen LogP contribution in [-0.4, -0.2) is 53.1 Å². The monoisotopic (exact) mass is 298 g/mol. The van der Waals surface area contributed by atoms with Crippen LogP contribution in [-0.2, 0) is 4.79 Å². The predicted molar refractivity (Wildman–Crippen MR) is 83.2 cm³/mol. The van der Waals surface area contributed by atoms with E-state index >= 15 is 0 Å². The highest BCUT2D eigenvalue weighted by Gasteiger charge is 2.30. The van der Waals surface area contributed by atoms with Crippen molar-refractivity contribution in [2.45, 2.75) is 58.9 Å². The molecular formula is C16H30N2O3. The molecule has 0 saturated carbocycles. The van der Waals surface area contributed by atoms with Crippen molar-refractivity contribution in [3.63, 3.8) is 0 Å². The van der Waals surface area contributed by atoms with Gasteiger partial charge in [0.05, 0.1) is 0 Å². The van der Waals surface area contributed by atoms with Gasteiger partial charge in [-0.25, -0.2) is 4.79 Å². The number of hydrogen-bond acceptors (Lipinski definition) is 2. The number of urea groups is 1. The van der Waals surface area contributed by atoms with Gasteiger partial charge in [0.2, 0.25) is 0 Å². The average Bonchev–Trinajstić information content (AvgIpc) is 2.45. The second-order valence-electron chi connectivity index (χ2n) is 6.45. The van der Waals surface area contributed by atoms with Crippen molar-refractivity contribution in [2.75, 3.05) is 20.1 Å². The SMILES string of the molecule is CCCC(C)N(C)C(=O)N1CCCC(C(C)CC(=O)O)C1. The number of carboxylic acid groups (broad SMARTS) is 1. The summed E-state index contributed by atoms with van der Waals surface area (Å²) in [6.07, 6.45) is 4.25. The first-order chi connectivity index (χ1) is 9.86. The van der Waals surface area contributed by atoms with Crippen LogP contribution in [0.15, 0.2) is 0 Å². The molecule has 0 radical (unpaired) electrons. The number of carbonyl (C=O) groups excluding carboxylic acids is 1. The molecule has 3 atom stereocenters. The summed E-state index contributed by atoms with van der Waals surface area (Å²) in [4.78, 5) is 27.1. The molecule has 1 aliphatic rings. The molecule has 0 aromatic rings. The van der Waals surface area contributed by atoms with Gasteiger partial charge in [0.15, 0.2) is 0 Å². The fourth-order valence-corrected chi connectivity index (χ4v) is 3.11. The minimum atomic E-state index is -0.750. The summed E-state index contributed by atoms with van der Waals surface area (Å²) in [6, 6.07) is 0.336. The van der Waals surface area contributed by atoms with Gasteiger partial charge in [-0.15, -0.1) is 0 Å². The highest BCUT2D eigenvalue weighted by atomic mass is 16.4. The summed E-state index contributed by atoms with van der Waals surface area (Å²) >= 11 is 0. The minimum Gasteiger partial charge on any atom is -0.481 e. The zero-order valence-corrected chi connectivity index (χ0v) is 13.8. The van der Waals surface area contributed by atoms with E-state index in [1.165, 1.54) is 0 Å². The van der Waals surface area contributed by atoms with Gasteiger partial charge >= 0.3 is 12.0 Å². The van der Waals surface area contributed by atoms with Crippen molar-refractivity contribution >= 4 is 12.0 Å². The first kappa shape index (κ1) is 17.8. The van der Waals surface area contributed by atoms with Gasteiger partial charge in [0.1, 0.15) is 0 Å². The Labute approximate surface area is 128 Å². The summed E-state index contributed by atoms with van der Waals surface area (Å²) in [7, 11) is 1.87. The Hall–Kier alpha value is -1.26. The van der Waals surface area contributed by atoms with Crippen LogP contribution < -0.4 is 0 Å². The Balaban J connectivity index is 2.58. The lowest BCUT2D eigenvalue weighted by molar-refractivity contribution is -0.138. The lowest BCUT2D eigenvalue weighted by Gasteiger charge is -2.38. The van der Waals surface area contributed by atoms with Crippen LogP contribution in [0.25, 0.3) is 0 Å². The second kappa shape index (κ2) is 8.25. The first-order valence-corrected chi connectivity index (χ1v) is 8.10. The molecule has 0 aromatic carbocycles. The maximum atomic E-state index is 12.5. The molecule has 0 aromatic heterocycles. The van der Waals surface area contributed by atoms with Gasteiger partial charge < -0.3 is 14.9 Å². The fraction of sp³-hybridized carbons (Fsp3) is 0.875. The smallest absolute Gasteiger partial charge is 0.319 e. The molecule has 1 N–H and O–H groups in total. The molecule has 0 aliphatic carbocycles. The van der Waals surface area contributed by atoms with E-state index in [1.54, 1.807) is 0 Å². The van der Waals surface area contributed by atoms with Crippen molar-refractivity contribution in [1.29, 1.82) is 0 Å². The first-order valence-electron chi connectivity index (χ1n) is 8.10. The molecule has 5 nitrogen and oxygen atoms in total. The van der Waals surface area contributed by atoms with E-state index in [0.29, 0.717) is 12.5 Å². The van der Waals surface area contributed by atoms with Gasteiger partial charge in [-0.05, 0) is 38.0 Å². The maximum absolute atomic E-state index is 12.5. The summed E-state index contributed by atoms with van der Waals surface area (Å²) in [5.74, 6) is -0.329. The van der Waals surface area contributed by atoms with Crippen LogP contribution in [0.2, 0.25) is 0 Å². The summed E-state index contributed by atoms with van der Waals surface area (Å²) < 4.78 is 0. The number of aliphatic carboxylic acids is 1. The van der Waals surface area contributed by atoms with Crippen LogP contribution in [0, 0.1) is 11.8 Å². The topological polar surface area (TPSA) is 60.9 Å². The Morgan fingerprint density at radius 2 is 2.05 bits per heavy atom. The van der Waals surface area contributed by atoms with Gasteiger partial charge in [-0.2, -0.15) is 0 Å². The van der Waals surface area contributed by atoms with Crippen molar-refractivity contribution < 1.29 is 14.7 Å². The third-order valence-corrected chi connectivity index (χ3v) is 4.70. The van der Waals surface area contributed by atoms with E-state index in [4.69, 9.17) is 5.11 Å². The van der Waals surface area contributed by atoms with E-state index in [9.17, 15) is 9.59 Å². The largest absolute Gasteiger partial charge is 0.481 e. The molecule has 1 saturated heterocycles. The molecule has 1 rings (SSSR count). The molecule has 0 bridgehead atoms. The zero-order valence-electron chi connectivity index (χ0n) is 13.8. The number of piperidine rings is 1. The van der Waals surface area contributed by atoms with Crippen LogP contribution >= 0.6 is 0 Å². The molecule has 1 heterocycles. The molecule has 5 heteroatoms. The highest BCUT2D eigenvalue weighted by Crippen LogP contribution is 2.27. The highest BCUT2D eigenvalue weighted by molar-refractivity contribution is 5.74. The van der Waals surface area contributed by atoms with E-state index < -0.39 is 5.97 Å². The van der Waals surface area contributed by atoms with Gasteiger partial charge in [0, 0.05) is 32.6 Å². The van der Waals surface area contributed by atoms with Crippen LogP contribution in [0.3, 0.4) is 0 Å². The summed E-state index contributed by atoms with van der Waals surface area (Å²) in [5.41, 5.74) is 0. The van der Waals surface area contributed by atoms with E-state index in [0.717, 1.165) is 32.2 Å². The van der Waals surface area contributed by atoms with Crippen LogP contribution in [0.4, 0.5) is 4.79 Å². The molecule has 3 unspecified atom stereocenters. The Morgan fingerprint density at radius 3 is 2.62 bits per heavy atom. The summed E-state index contributed by atoms with van der Waals surface area (Å²) in [6.45, 7) is 7.67. The number of nitrogens with zero attached hydrogens (tertiary/aromatic N) is 2. The van der Waals surface area contributed by atoms with Crippen molar-refractivity contribution in [1.82, 2.24) is 9.80 Å². The third kappa shape index (κ3) is 5.21. The molecular weight excluding hydrogens is 268 g/mol. The van der Waals surface area contributed by atoms with E-state index in [2.05, 4.69) is 13.8 Å². The number of carbonyl (C=O) groups is 2. The second-order valence-corrected chi connectivity index (χ2v) is 6.45. The van der Waals surface area contributed by atoms with Gasteiger partial charge in [0.25, 0.3) is 0 Å². The number of carboxylic acids is 1. The third-order valence-electron chi connectivity index (χ3n) is 4.70. The number of amides is 2. The number of likely N-dealkylation sites (tertiary alicyclic amines) is 1. The molecule has 2 amide bonds. The van der Waals surface area contributed by atoms with Crippen LogP contribution in [0.1, 0.15) is 52.9 Å². The molecule has 1 aliphatic heterocycles. The molecule has 0 spiro atoms. The molecule has 21 heavy (non-hydrogen) atoms. The van der Waals surface area contributed by atoms with Gasteiger partial charge in [-0.3, -0.25) is 4.79 Å². The fourth-order valence-electron chi connectivity index (χ4n) is 3.11. The minimum absolute atomic E-state index is 0.0863. The lowest BCUT2D eigenvalue weighted by Crippen LogP contribution is -2.49. The number of rotatable bonds is 6. The molecule has 1 fully saturated rings. The normalized spacial score (nSPS) is 21.7. The van der Waals surface area contributed by atoms with Crippen LogP contribution in [0.5, 0.6) is 0 Å². The van der Waals surface area contributed by atoms with E-state index in [-0.39, 0.29) is 24.4 Å². The van der Waals surface area contributed by atoms with Crippen molar-refractivity contribution in [3.8, 4) is 0 Å². The Kier molecular flexibility index (Phi) is 6.99. The number of hydrogen-bond donors (Lipinski definition) is 1. The predicted octanol–water partition coefficient (Wildman–Crippen LogP) is 3.05. The average molecular weight is 298 g/mol. The standard InChI is InChI=1S/C16H30N2O3/c1-5-7-13(3)17(4)16(21)18-9-6-8-14(11-18)12(2)10-15(19)20/h12-14H,5-11H2,1-4H3,(H,19,20). The van der Waals surface area contributed by atoms with E-state index in [1.807, 2.05) is 23.8 Å².